The highest BCUT2D eigenvalue weighted by Gasteiger charge is 2.59. The van der Waals surface area contributed by atoms with Gasteiger partial charge < -0.3 is 4.90 Å². The Labute approximate surface area is 664 Å². The first-order chi connectivity index (χ1) is 56.1. The maximum Gasteiger partial charge on any atom is 0.0810 e. The molecule has 16 aromatic rings. The zero-order valence-electron chi connectivity index (χ0n) is 61.4. The summed E-state index contributed by atoms with van der Waals surface area (Å²) in [5, 5.41) is 5.03. The molecule has 2 aromatic heterocycles. The number of nitrogens with zero attached hydrogens (tertiary/aromatic N) is 1. The Morgan fingerprint density at radius 3 is 1.21 bits per heavy atom. The molecule has 0 bridgehead atoms. The van der Waals surface area contributed by atoms with E-state index in [-0.39, 0.29) is 0 Å². The summed E-state index contributed by atoms with van der Waals surface area (Å²) in [7, 11) is 0. The fourth-order valence-electron chi connectivity index (χ4n) is 20.5. The summed E-state index contributed by atoms with van der Waals surface area (Å²) in [6.07, 6.45) is 30.4. The standard InChI is InChI=1S/C110H67NS2/c1-3-30-68(31-4-1)74-38-13-14-43-79(74)85-49-25-37-73-67-95-106(102(73)85)105(87-46-16-15-44-80(87)86-50-26-58-100-103(86)89-47-19-23-56-98(89)112-100)107(91-61-60-83-77-41-12-9-35-71(77)65-93(83)109(91)62-28-52-81-75-39-10-7-34-70(75)64-92(81)109)108(110(95)63-29-53-82-76-40-11-8-36-72(76)66-94(82)110)111(96-54-21-17-42-78(96)69-32-5-2-6-33-69)97-55-22-18-45-84(97)88-51-27-59-101-104(88)90-48-20-24-57-99(90)113-101/h1-67H. The fourth-order valence-corrected chi connectivity index (χ4v) is 22.7. The summed E-state index contributed by atoms with van der Waals surface area (Å²) in [5.74, 6) is 0. The van der Waals surface area contributed by atoms with Crippen LogP contribution in [-0.2, 0) is 0 Å². The molecule has 8 aliphatic rings. The Kier molecular flexibility index (Phi) is 14.1. The molecular formula is C110H67NS2. The molecule has 0 aliphatic heterocycles. The van der Waals surface area contributed by atoms with Crippen molar-refractivity contribution in [2.45, 2.75) is 0 Å². The minimum absolute atomic E-state index is 0.949. The SMILES string of the molecule is C1=CC2(C3=Cc4ccccc4C3=C1)C1=Cc3ccccc3C1=CC=C2C1=C(N(c2ccccc2-c2ccccc2)c2ccccc2-c2cccc3sc4ccccc4c23)C2(C=CC=C3C2=Cc2ccccc23)C2=Cc3cccc(-c4ccccc4-c4ccccc4)c3C2=C1c1ccccc1-c1cccc2sc3ccccc3c12. The zero-order chi connectivity index (χ0) is 74.0. The van der Waals surface area contributed by atoms with Crippen LogP contribution in [0.15, 0.2) is 421 Å². The predicted octanol–water partition coefficient (Wildman–Crippen LogP) is 29.7. The van der Waals surface area contributed by atoms with E-state index in [1.807, 2.05) is 22.7 Å². The third kappa shape index (κ3) is 9.21. The van der Waals surface area contributed by atoms with Gasteiger partial charge >= 0.3 is 0 Å². The van der Waals surface area contributed by atoms with Crippen molar-refractivity contribution in [3.63, 3.8) is 0 Å². The van der Waals surface area contributed by atoms with Crippen LogP contribution in [0.3, 0.4) is 0 Å². The Bertz CT molecular complexity index is 7310. The average molecular weight is 1470 g/mol. The number of benzene rings is 14. The van der Waals surface area contributed by atoms with Crippen LogP contribution in [0.1, 0.15) is 50.1 Å². The lowest BCUT2D eigenvalue weighted by Gasteiger charge is -2.52. The van der Waals surface area contributed by atoms with Crippen LogP contribution in [0.2, 0.25) is 0 Å². The molecule has 0 radical (unpaired) electrons. The molecule has 2 spiro atoms. The van der Waals surface area contributed by atoms with Crippen molar-refractivity contribution >= 4 is 127 Å². The Hall–Kier alpha value is -13.8. The lowest BCUT2D eigenvalue weighted by molar-refractivity contribution is 0.652. The molecule has 8 aliphatic carbocycles. The Balaban J connectivity index is 0.956. The molecule has 3 heteroatoms. The van der Waals surface area contributed by atoms with Crippen molar-refractivity contribution in [1.82, 2.24) is 0 Å². The number of fused-ring (bicyclic) bond motifs is 22. The minimum atomic E-state index is -1.12. The maximum atomic E-state index is 2.83. The van der Waals surface area contributed by atoms with Gasteiger partial charge in [-0.25, -0.2) is 0 Å². The molecule has 0 saturated heterocycles. The van der Waals surface area contributed by atoms with Crippen LogP contribution in [0.4, 0.5) is 11.4 Å². The van der Waals surface area contributed by atoms with Gasteiger partial charge in [-0.2, -0.15) is 0 Å². The quantitative estimate of drug-likeness (QED) is 0.132. The maximum absolute atomic E-state index is 2.83. The summed E-state index contributed by atoms with van der Waals surface area (Å²) in [5.41, 5.74) is 37.0. The third-order valence-electron chi connectivity index (χ3n) is 25.1. The van der Waals surface area contributed by atoms with Crippen molar-refractivity contribution in [3.05, 3.63) is 471 Å². The number of thiophene rings is 2. The number of hydrogen-bond donors (Lipinski definition) is 0. The van der Waals surface area contributed by atoms with Crippen molar-refractivity contribution in [2.75, 3.05) is 4.90 Å². The topological polar surface area (TPSA) is 3.24 Å². The second-order valence-corrected chi connectivity index (χ2v) is 32.8. The normalized spacial score (nSPS) is 17.7. The zero-order valence-corrected chi connectivity index (χ0v) is 63.1. The van der Waals surface area contributed by atoms with Crippen molar-refractivity contribution in [3.8, 4) is 55.6 Å². The second-order valence-electron chi connectivity index (χ2n) is 30.6. The van der Waals surface area contributed by atoms with E-state index in [4.69, 9.17) is 0 Å². The van der Waals surface area contributed by atoms with Gasteiger partial charge in [0, 0.05) is 57.0 Å². The van der Waals surface area contributed by atoms with Crippen LogP contribution < -0.4 is 4.90 Å². The average Bonchev–Trinajstić information content (AvgIpc) is 1.60. The van der Waals surface area contributed by atoms with E-state index < -0.39 is 10.8 Å². The van der Waals surface area contributed by atoms with Gasteiger partial charge in [0.15, 0.2) is 0 Å². The molecule has 0 fully saturated rings. The number of rotatable bonds is 10. The van der Waals surface area contributed by atoms with Crippen LogP contribution in [0.25, 0.3) is 148 Å². The van der Waals surface area contributed by atoms with E-state index in [0.717, 1.165) is 56.0 Å². The first-order valence-corrected chi connectivity index (χ1v) is 40.8. The number of allylic oxidation sites excluding steroid dienone is 17. The molecule has 0 N–H and O–H groups in total. The number of para-hydroxylation sites is 2. The highest BCUT2D eigenvalue weighted by Crippen LogP contribution is 2.73. The minimum Gasteiger partial charge on any atom is -0.311 e. The van der Waals surface area contributed by atoms with Crippen molar-refractivity contribution in [2.24, 2.45) is 10.8 Å². The number of hydrogen-bond acceptors (Lipinski definition) is 3. The molecule has 2 heterocycles. The van der Waals surface area contributed by atoms with Crippen molar-refractivity contribution in [1.29, 1.82) is 0 Å². The second kappa shape index (κ2) is 24.9. The van der Waals surface area contributed by atoms with Crippen LogP contribution >= 0.6 is 22.7 Å². The summed E-state index contributed by atoms with van der Waals surface area (Å²) in [6, 6.07) is 126. The largest absolute Gasteiger partial charge is 0.311 e. The molecule has 24 rings (SSSR count). The first kappa shape index (κ1) is 64.1. The van der Waals surface area contributed by atoms with E-state index in [9.17, 15) is 0 Å². The predicted molar refractivity (Wildman–Crippen MR) is 481 cm³/mol. The van der Waals surface area contributed by atoms with E-state index >= 15 is 0 Å². The molecule has 0 saturated carbocycles. The smallest absolute Gasteiger partial charge is 0.0810 e. The van der Waals surface area contributed by atoms with Gasteiger partial charge in [-0.15, -0.1) is 22.7 Å². The van der Waals surface area contributed by atoms with Crippen LogP contribution in [0.5, 0.6) is 0 Å². The number of anilines is 2. The molecule has 2 unspecified atom stereocenters. The Morgan fingerprint density at radius 1 is 0.230 bits per heavy atom. The monoisotopic (exact) mass is 1470 g/mol. The van der Waals surface area contributed by atoms with E-state index in [0.29, 0.717) is 0 Å². The van der Waals surface area contributed by atoms with E-state index in [2.05, 4.69) is 411 Å². The van der Waals surface area contributed by atoms with Crippen molar-refractivity contribution < 1.29 is 0 Å². The van der Waals surface area contributed by atoms with Gasteiger partial charge in [0.25, 0.3) is 0 Å². The summed E-state index contributed by atoms with van der Waals surface area (Å²) < 4.78 is 5.05. The fraction of sp³-hybridized carbons (Fsp3) is 0.0182. The van der Waals surface area contributed by atoms with Gasteiger partial charge in [-0.1, -0.05) is 346 Å². The lowest BCUT2D eigenvalue weighted by atomic mass is 9.54. The molecule has 1 nitrogen and oxygen atoms in total. The lowest BCUT2D eigenvalue weighted by Crippen LogP contribution is -2.42. The summed E-state index contributed by atoms with van der Waals surface area (Å²) in [4.78, 5) is 2.83. The molecule has 524 valence electrons. The van der Waals surface area contributed by atoms with Gasteiger partial charge in [0.1, 0.15) is 0 Å². The van der Waals surface area contributed by atoms with Gasteiger partial charge in [-0.05, 0) is 211 Å². The molecule has 113 heavy (non-hydrogen) atoms. The molecule has 14 aromatic carbocycles. The third-order valence-corrected chi connectivity index (χ3v) is 27.3. The highest BCUT2D eigenvalue weighted by atomic mass is 32.1. The summed E-state index contributed by atoms with van der Waals surface area (Å²) >= 11 is 3.76. The van der Waals surface area contributed by atoms with Crippen LogP contribution in [0, 0.1) is 10.8 Å². The van der Waals surface area contributed by atoms with Gasteiger partial charge in [0.2, 0.25) is 0 Å². The Morgan fingerprint density at radius 2 is 0.619 bits per heavy atom. The molecular weight excluding hydrogens is 1400 g/mol. The summed E-state index contributed by atoms with van der Waals surface area (Å²) in [6.45, 7) is 0. The van der Waals surface area contributed by atoms with Gasteiger partial charge in [-0.3, -0.25) is 0 Å². The molecule has 2 atom stereocenters. The van der Waals surface area contributed by atoms with E-state index in [1.165, 1.54) is 168 Å². The highest BCUT2D eigenvalue weighted by molar-refractivity contribution is 7.26. The van der Waals surface area contributed by atoms with Gasteiger partial charge in [0.05, 0.1) is 27.9 Å². The van der Waals surface area contributed by atoms with E-state index in [1.54, 1.807) is 0 Å². The first-order valence-electron chi connectivity index (χ1n) is 39.2. The van der Waals surface area contributed by atoms with Crippen LogP contribution in [-0.4, -0.2) is 0 Å². The molecule has 0 amide bonds.